The first-order valence-electron chi connectivity index (χ1n) is 6.03. The first-order valence-corrected chi connectivity index (χ1v) is 7.58. The summed E-state index contributed by atoms with van der Waals surface area (Å²) in [4.78, 5) is 2.05. The Morgan fingerprint density at radius 1 is 1.42 bits per heavy atom. The summed E-state index contributed by atoms with van der Waals surface area (Å²) in [6, 6.07) is 5.58. The second kappa shape index (κ2) is 6.54. The lowest BCUT2D eigenvalue weighted by Crippen LogP contribution is -2.34. The Bertz CT molecular complexity index is 663. The van der Waals surface area contributed by atoms with Gasteiger partial charge in [-0.25, -0.2) is 13.1 Å². The second-order valence-corrected chi connectivity index (χ2v) is 5.80. The number of nitrogens with one attached hydrogen (secondary N) is 1. The van der Waals surface area contributed by atoms with Crippen LogP contribution in [0.25, 0.3) is 11.5 Å². The van der Waals surface area contributed by atoms with Gasteiger partial charge in [-0.3, -0.25) is 0 Å². The van der Waals surface area contributed by atoms with E-state index >= 15 is 0 Å². The van der Waals surface area contributed by atoms with Gasteiger partial charge in [-0.15, -0.1) is 0 Å². The number of allylic oxidation sites excluding steroid dienone is 1. The van der Waals surface area contributed by atoms with Gasteiger partial charge in [0.05, 0.1) is 5.41 Å². The van der Waals surface area contributed by atoms with Crippen molar-refractivity contribution in [3.05, 3.63) is 41.3 Å². The highest BCUT2D eigenvalue weighted by atomic mass is 32.2. The van der Waals surface area contributed by atoms with Gasteiger partial charge in [-0.2, -0.15) is 0 Å². The highest BCUT2D eigenvalue weighted by Crippen LogP contribution is 2.03. The van der Waals surface area contributed by atoms with E-state index in [4.69, 9.17) is 0 Å². The van der Waals surface area contributed by atoms with Crippen molar-refractivity contribution < 1.29 is 8.42 Å². The van der Waals surface area contributed by atoms with Crippen LogP contribution in [0.4, 0.5) is 5.69 Å². The maximum absolute atomic E-state index is 11.7. The average Bonchev–Trinajstić information content (AvgIpc) is 2.39. The zero-order valence-electron chi connectivity index (χ0n) is 11.6. The Kier molecular flexibility index (Phi) is 5.32. The van der Waals surface area contributed by atoms with Crippen molar-refractivity contribution in [3.8, 4) is 0 Å². The van der Waals surface area contributed by atoms with E-state index in [1.165, 1.54) is 12.5 Å². The molecule has 0 fully saturated rings. The zero-order valence-corrected chi connectivity index (χ0v) is 12.4. The summed E-state index contributed by atoms with van der Waals surface area (Å²) < 4.78 is 25.6. The lowest BCUT2D eigenvalue weighted by atomic mass is 10.2. The van der Waals surface area contributed by atoms with Crippen molar-refractivity contribution in [1.82, 2.24) is 4.72 Å². The van der Waals surface area contributed by atoms with Gasteiger partial charge in [0.2, 0.25) is 10.0 Å². The maximum atomic E-state index is 11.7. The van der Waals surface area contributed by atoms with Crippen LogP contribution in [-0.4, -0.2) is 29.1 Å². The topological polar surface area (TPSA) is 49.4 Å². The zero-order chi connectivity index (χ0) is 14.5. The number of hydrogen-bond donors (Lipinski definition) is 1. The molecule has 1 rings (SSSR count). The Morgan fingerprint density at radius 3 is 2.63 bits per heavy atom. The Balaban J connectivity index is 3.69. The molecule has 0 aromatic heterocycles. The third-order valence-electron chi connectivity index (χ3n) is 2.85. The van der Waals surface area contributed by atoms with E-state index in [2.05, 4.69) is 16.2 Å². The van der Waals surface area contributed by atoms with E-state index in [9.17, 15) is 8.42 Å². The summed E-state index contributed by atoms with van der Waals surface area (Å²) in [6.07, 6.45) is 3.48. The molecule has 0 aliphatic carbocycles. The molecule has 0 amide bonds. The predicted octanol–water partition coefficient (Wildman–Crippen LogP) is 0.396. The lowest BCUT2D eigenvalue weighted by molar-refractivity contribution is 0.599. The molecule has 0 spiro atoms. The van der Waals surface area contributed by atoms with E-state index in [1.807, 2.05) is 32.2 Å². The SMILES string of the molecule is C=C/C=c1/c(N(C)CC)ccc/c1=C\S(=O)(=O)NC. The number of sulfonamides is 1. The largest absolute Gasteiger partial charge is 0.374 e. The molecule has 1 N–H and O–H groups in total. The van der Waals surface area contributed by atoms with Crippen LogP contribution in [0.2, 0.25) is 0 Å². The average molecular weight is 280 g/mol. The van der Waals surface area contributed by atoms with E-state index in [-0.39, 0.29) is 0 Å². The predicted molar refractivity (Wildman–Crippen MR) is 81.7 cm³/mol. The molecule has 104 valence electrons. The third-order valence-corrected chi connectivity index (χ3v) is 3.99. The molecule has 0 saturated carbocycles. The van der Waals surface area contributed by atoms with Crippen molar-refractivity contribution in [1.29, 1.82) is 0 Å². The molecule has 0 unspecified atom stereocenters. The number of nitrogens with zero attached hydrogens (tertiary/aromatic N) is 1. The van der Waals surface area contributed by atoms with E-state index in [0.29, 0.717) is 5.22 Å². The first kappa shape index (κ1) is 15.5. The summed E-state index contributed by atoms with van der Waals surface area (Å²) >= 11 is 0. The van der Waals surface area contributed by atoms with Crippen LogP contribution in [-0.2, 0) is 10.0 Å². The summed E-state index contributed by atoms with van der Waals surface area (Å²) in [7, 11) is -0.0524. The van der Waals surface area contributed by atoms with Gasteiger partial charge in [0, 0.05) is 24.5 Å². The third kappa shape index (κ3) is 3.94. The van der Waals surface area contributed by atoms with Gasteiger partial charge in [-0.1, -0.05) is 30.9 Å². The van der Waals surface area contributed by atoms with E-state index in [0.717, 1.165) is 17.5 Å². The molecule has 0 aliphatic heterocycles. The minimum atomic E-state index is -3.41. The quantitative estimate of drug-likeness (QED) is 0.849. The number of hydrogen-bond acceptors (Lipinski definition) is 3. The van der Waals surface area contributed by atoms with Crippen molar-refractivity contribution in [2.75, 3.05) is 25.5 Å². The molecular weight excluding hydrogens is 260 g/mol. The van der Waals surface area contributed by atoms with E-state index < -0.39 is 10.0 Å². The Hall–Kier alpha value is -1.59. The molecule has 0 atom stereocenters. The van der Waals surface area contributed by atoms with Gasteiger partial charge in [-0.05, 0) is 25.3 Å². The van der Waals surface area contributed by atoms with Gasteiger partial charge < -0.3 is 4.90 Å². The molecule has 1 aromatic rings. The molecule has 0 aliphatic rings. The summed E-state index contributed by atoms with van der Waals surface area (Å²) in [5.41, 5.74) is 0.974. The molecule has 4 nitrogen and oxygen atoms in total. The molecular formula is C14H20N2O2S. The minimum absolute atomic E-state index is 0.645. The maximum Gasteiger partial charge on any atom is 0.234 e. The molecule has 0 radical (unpaired) electrons. The number of benzene rings is 1. The molecule has 0 heterocycles. The smallest absolute Gasteiger partial charge is 0.234 e. The standard InChI is InChI=1S/C14H20N2O2S/c1-5-8-13-12(11-19(17,18)15-3)9-7-10-14(13)16(4)6-2/h5,7-11,15H,1,6H2,2-4H3/b12-11+,13-8+. The minimum Gasteiger partial charge on any atom is -0.374 e. The van der Waals surface area contributed by atoms with Crippen LogP contribution in [0.1, 0.15) is 6.92 Å². The van der Waals surface area contributed by atoms with Crippen LogP contribution in [0.5, 0.6) is 0 Å². The Morgan fingerprint density at radius 2 is 2.11 bits per heavy atom. The van der Waals surface area contributed by atoms with Crippen LogP contribution in [0.3, 0.4) is 0 Å². The fourth-order valence-electron chi connectivity index (χ4n) is 1.70. The van der Waals surface area contributed by atoms with Gasteiger partial charge in [0.15, 0.2) is 0 Å². The highest BCUT2D eigenvalue weighted by Gasteiger charge is 2.04. The van der Waals surface area contributed by atoms with Crippen LogP contribution >= 0.6 is 0 Å². The summed E-state index contributed by atoms with van der Waals surface area (Å²) in [6.45, 7) is 6.56. The van der Waals surface area contributed by atoms with Gasteiger partial charge in [0.25, 0.3) is 0 Å². The number of anilines is 1. The summed E-state index contributed by atoms with van der Waals surface area (Å²) in [5, 5.41) is 2.72. The fourth-order valence-corrected chi connectivity index (χ4v) is 2.36. The van der Waals surface area contributed by atoms with E-state index in [1.54, 1.807) is 12.1 Å². The van der Waals surface area contributed by atoms with Crippen molar-refractivity contribution in [2.45, 2.75) is 6.92 Å². The van der Waals surface area contributed by atoms with Crippen LogP contribution in [0, 0.1) is 0 Å². The van der Waals surface area contributed by atoms with Gasteiger partial charge >= 0.3 is 0 Å². The highest BCUT2D eigenvalue weighted by molar-refractivity contribution is 7.97. The summed E-state index contributed by atoms with van der Waals surface area (Å²) in [5.74, 6) is 0. The fraction of sp³-hybridized carbons (Fsp3) is 0.286. The normalized spacial score (nSPS) is 13.6. The van der Waals surface area contributed by atoms with Crippen molar-refractivity contribution in [2.24, 2.45) is 0 Å². The molecule has 5 heteroatoms. The molecule has 0 bridgehead atoms. The second-order valence-electron chi connectivity index (χ2n) is 4.06. The molecule has 1 aromatic carbocycles. The van der Waals surface area contributed by atoms with Crippen molar-refractivity contribution >= 4 is 27.2 Å². The Labute approximate surface area is 114 Å². The van der Waals surface area contributed by atoms with Crippen molar-refractivity contribution in [3.63, 3.8) is 0 Å². The molecule has 19 heavy (non-hydrogen) atoms. The van der Waals surface area contributed by atoms with Gasteiger partial charge in [0.1, 0.15) is 0 Å². The van der Waals surface area contributed by atoms with Crippen LogP contribution < -0.4 is 20.1 Å². The van der Waals surface area contributed by atoms with Crippen LogP contribution in [0.15, 0.2) is 30.9 Å². The monoisotopic (exact) mass is 280 g/mol. The molecule has 0 saturated heterocycles. The first-order chi connectivity index (χ1) is 8.95. The number of rotatable bonds is 5. The lowest BCUT2D eigenvalue weighted by Gasteiger charge is -2.17.